The quantitative estimate of drug-likeness (QED) is 0.488. The summed E-state index contributed by atoms with van der Waals surface area (Å²) in [7, 11) is 7.85. The van der Waals surface area contributed by atoms with Crippen LogP contribution in [-0.4, -0.2) is 61.0 Å². The molecule has 1 heterocycles. The highest BCUT2D eigenvalue weighted by Gasteiger charge is 2.17. The number of aliphatic imine (C=N–C) groups is 1. The number of rotatable bonds is 9. The standard InChI is InChI=1S/C23H38N6O/c1-9-24-23(26-16(2)13-21-17(3)27-29(7)18(21)4)25-15-22(28(5)6)19-11-10-12-20(14-19)30-8/h10-12,14,16,22H,9,13,15H2,1-8H3,(H2,24,25,26). The van der Waals surface area contributed by atoms with Gasteiger partial charge in [0.2, 0.25) is 0 Å². The van der Waals surface area contributed by atoms with Crippen molar-refractivity contribution in [2.45, 2.75) is 46.2 Å². The highest BCUT2D eigenvalue weighted by atomic mass is 16.5. The van der Waals surface area contributed by atoms with Crippen LogP contribution in [0, 0.1) is 13.8 Å². The first-order valence-corrected chi connectivity index (χ1v) is 10.6. The second-order valence-electron chi connectivity index (χ2n) is 8.00. The third-order valence-corrected chi connectivity index (χ3v) is 5.42. The van der Waals surface area contributed by atoms with Crippen molar-refractivity contribution < 1.29 is 4.74 Å². The van der Waals surface area contributed by atoms with E-state index in [1.165, 1.54) is 16.8 Å². The number of hydrogen-bond acceptors (Lipinski definition) is 4. The molecule has 0 aliphatic carbocycles. The zero-order valence-corrected chi connectivity index (χ0v) is 19.8. The van der Waals surface area contributed by atoms with E-state index < -0.39 is 0 Å². The molecule has 0 radical (unpaired) electrons. The van der Waals surface area contributed by atoms with Gasteiger partial charge in [0.05, 0.1) is 25.4 Å². The number of methoxy groups -OCH3 is 1. The number of nitrogens with one attached hydrogen (secondary N) is 2. The first kappa shape index (κ1) is 23.7. The van der Waals surface area contributed by atoms with E-state index in [2.05, 4.69) is 74.6 Å². The maximum absolute atomic E-state index is 5.39. The molecule has 0 aliphatic rings. The van der Waals surface area contributed by atoms with Gasteiger partial charge >= 0.3 is 0 Å². The molecule has 0 spiro atoms. The summed E-state index contributed by atoms with van der Waals surface area (Å²) in [5, 5.41) is 11.5. The minimum atomic E-state index is 0.161. The van der Waals surface area contributed by atoms with Crippen molar-refractivity contribution >= 4 is 5.96 Å². The molecule has 2 unspecified atom stereocenters. The lowest BCUT2D eigenvalue weighted by Crippen LogP contribution is -2.43. The molecule has 7 heteroatoms. The van der Waals surface area contributed by atoms with Gasteiger partial charge in [-0.05, 0) is 71.5 Å². The highest BCUT2D eigenvalue weighted by Crippen LogP contribution is 2.23. The topological polar surface area (TPSA) is 66.7 Å². The number of hydrogen-bond donors (Lipinski definition) is 2. The van der Waals surface area contributed by atoms with Crippen LogP contribution >= 0.6 is 0 Å². The molecule has 2 rings (SSSR count). The smallest absolute Gasteiger partial charge is 0.191 e. The van der Waals surface area contributed by atoms with Gasteiger partial charge in [-0.15, -0.1) is 0 Å². The Hall–Kier alpha value is -2.54. The number of aromatic nitrogens is 2. The molecule has 7 nitrogen and oxygen atoms in total. The molecule has 0 saturated carbocycles. The molecule has 2 aromatic rings. The number of benzene rings is 1. The van der Waals surface area contributed by atoms with E-state index in [0.29, 0.717) is 6.54 Å². The van der Waals surface area contributed by atoms with Crippen molar-refractivity contribution in [3.63, 3.8) is 0 Å². The van der Waals surface area contributed by atoms with E-state index in [-0.39, 0.29) is 12.1 Å². The van der Waals surface area contributed by atoms with Crippen LogP contribution in [0.5, 0.6) is 5.75 Å². The van der Waals surface area contributed by atoms with Crippen LogP contribution in [0.25, 0.3) is 0 Å². The summed E-state index contributed by atoms with van der Waals surface area (Å²) < 4.78 is 7.34. The van der Waals surface area contributed by atoms with E-state index in [1.54, 1.807) is 7.11 Å². The van der Waals surface area contributed by atoms with E-state index in [9.17, 15) is 0 Å². The Balaban J connectivity index is 2.12. The summed E-state index contributed by atoms with van der Waals surface area (Å²) in [5.41, 5.74) is 4.80. The second-order valence-corrected chi connectivity index (χ2v) is 8.00. The van der Waals surface area contributed by atoms with Crippen molar-refractivity contribution in [3.05, 3.63) is 46.8 Å². The number of nitrogens with zero attached hydrogens (tertiary/aromatic N) is 4. The highest BCUT2D eigenvalue weighted by molar-refractivity contribution is 5.80. The molecule has 0 fully saturated rings. The SMILES string of the molecule is CCNC(=NCC(c1cccc(OC)c1)N(C)C)NC(C)Cc1c(C)nn(C)c1C. The Morgan fingerprint density at radius 1 is 1.30 bits per heavy atom. The molecule has 1 aromatic carbocycles. The van der Waals surface area contributed by atoms with Gasteiger partial charge in [-0.3, -0.25) is 9.67 Å². The van der Waals surface area contributed by atoms with E-state index in [0.717, 1.165) is 30.4 Å². The number of likely N-dealkylation sites (N-methyl/N-ethyl adjacent to an activating group) is 1. The van der Waals surface area contributed by atoms with Crippen LogP contribution in [0.4, 0.5) is 0 Å². The van der Waals surface area contributed by atoms with Gasteiger partial charge in [0.25, 0.3) is 0 Å². The van der Waals surface area contributed by atoms with Crippen molar-refractivity contribution in [1.29, 1.82) is 0 Å². The predicted octanol–water partition coefficient (Wildman–Crippen LogP) is 2.83. The first-order valence-electron chi connectivity index (χ1n) is 10.6. The minimum Gasteiger partial charge on any atom is -0.497 e. The summed E-state index contributed by atoms with van der Waals surface area (Å²) in [5.74, 6) is 1.70. The molecule has 0 bridgehead atoms. The van der Waals surface area contributed by atoms with Gasteiger partial charge in [-0.25, -0.2) is 0 Å². The number of guanidine groups is 1. The Morgan fingerprint density at radius 3 is 2.60 bits per heavy atom. The molecule has 1 aromatic heterocycles. The molecule has 2 N–H and O–H groups in total. The third kappa shape index (κ3) is 6.23. The van der Waals surface area contributed by atoms with Crippen LogP contribution < -0.4 is 15.4 Å². The molecule has 0 amide bonds. The van der Waals surface area contributed by atoms with Crippen LogP contribution in [-0.2, 0) is 13.5 Å². The molecule has 166 valence electrons. The fraction of sp³-hybridized carbons (Fsp3) is 0.565. The summed E-state index contributed by atoms with van der Waals surface area (Å²) in [6.07, 6.45) is 0.906. The fourth-order valence-corrected chi connectivity index (χ4v) is 3.62. The molecule has 2 atom stereocenters. The largest absolute Gasteiger partial charge is 0.497 e. The molecule has 30 heavy (non-hydrogen) atoms. The number of ether oxygens (including phenoxy) is 1. The van der Waals surface area contributed by atoms with Gasteiger partial charge in [-0.1, -0.05) is 12.1 Å². The maximum atomic E-state index is 5.39. The van der Waals surface area contributed by atoms with E-state index in [1.807, 2.05) is 23.9 Å². The number of aryl methyl sites for hydroxylation is 2. The van der Waals surface area contributed by atoms with Crippen LogP contribution in [0.1, 0.15) is 42.4 Å². The van der Waals surface area contributed by atoms with E-state index in [4.69, 9.17) is 9.73 Å². The summed E-state index contributed by atoms with van der Waals surface area (Å²) in [6, 6.07) is 8.59. The third-order valence-electron chi connectivity index (χ3n) is 5.42. The van der Waals surface area contributed by atoms with Crippen LogP contribution in [0.2, 0.25) is 0 Å². The van der Waals surface area contributed by atoms with Crippen molar-refractivity contribution in [3.8, 4) is 5.75 Å². The van der Waals surface area contributed by atoms with Gasteiger partial charge in [0.1, 0.15) is 5.75 Å². The summed E-state index contributed by atoms with van der Waals surface area (Å²) in [6.45, 7) is 9.93. The van der Waals surface area contributed by atoms with Crippen LogP contribution in [0.3, 0.4) is 0 Å². The van der Waals surface area contributed by atoms with E-state index >= 15 is 0 Å². The Morgan fingerprint density at radius 2 is 2.03 bits per heavy atom. The van der Waals surface area contributed by atoms with Gasteiger partial charge < -0.3 is 20.3 Å². The lowest BCUT2D eigenvalue weighted by atomic mass is 10.1. The zero-order chi connectivity index (χ0) is 22.3. The summed E-state index contributed by atoms with van der Waals surface area (Å²) >= 11 is 0. The van der Waals surface area contributed by atoms with Gasteiger partial charge in [-0.2, -0.15) is 5.10 Å². The Labute approximate surface area is 181 Å². The molecular weight excluding hydrogens is 376 g/mol. The summed E-state index contributed by atoms with van der Waals surface area (Å²) in [4.78, 5) is 7.08. The van der Waals surface area contributed by atoms with Crippen LogP contribution in [0.15, 0.2) is 29.3 Å². The maximum Gasteiger partial charge on any atom is 0.191 e. The average molecular weight is 415 g/mol. The van der Waals surface area contributed by atoms with Crippen molar-refractivity contribution in [2.75, 3.05) is 34.3 Å². The van der Waals surface area contributed by atoms with Gasteiger partial charge in [0.15, 0.2) is 5.96 Å². The fourth-order valence-electron chi connectivity index (χ4n) is 3.62. The lowest BCUT2D eigenvalue weighted by molar-refractivity contribution is 0.305. The van der Waals surface area contributed by atoms with Crippen molar-refractivity contribution in [1.82, 2.24) is 25.3 Å². The first-order chi connectivity index (χ1) is 14.3. The van der Waals surface area contributed by atoms with Gasteiger partial charge in [0, 0.05) is 25.3 Å². The Bertz CT molecular complexity index is 842. The molecular formula is C23H38N6O. The Kier molecular flexibility index (Phi) is 8.72. The minimum absolute atomic E-state index is 0.161. The lowest BCUT2D eigenvalue weighted by Gasteiger charge is -2.25. The normalized spacial score (nSPS) is 14.0. The zero-order valence-electron chi connectivity index (χ0n) is 19.8. The second kappa shape index (κ2) is 11.0. The predicted molar refractivity (Wildman–Crippen MR) is 124 cm³/mol. The van der Waals surface area contributed by atoms with Crippen molar-refractivity contribution in [2.24, 2.45) is 12.0 Å². The monoisotopic (exact) mass is 414 g/mol. The molecule has 0 saturated heterocycles. The average Bonchev–Trinajstić information content (AvgIpc) is 2.94. The molecule has 0 aliphatic heterocycles.